The van der Waals surface area contributed by atoms with Gasteiger partial charge in [-0.05, 0) is 35.2 Å². The van der Waals surface area contributed by atoms with Crippen LogP contribution in [0.15, 0.2) is 41.9 Å². The molecule has 3 rings (SSSR count). The summed E-state index contributed by atoms with van der Waals surface area (Å²) in [6.45, 7) is 0. The lowest BCUT2D eigenvalue weighted by Gasteiger charge is -2.17. The maximum absolute atomic E-state index is 14.0. The maximum Gasteiger partial charge on any atom is 0.129 e. The average Bonchev–Trinajstić information content (AvgIpc) is 2.89. The van der Waals surface area contributed by atoms with Crippen LogP contribution in [0.1, 0.15) is 17.2 Å². The molecule has 0 radical (unpaired) electrons. The summed E-state index contributed by atoms with van der Waals surface area (Å²) in [5, 5.41) is 2.32. The number of rotatable bonds is 3. The first-order valence-electron chi connectivity index (χ1n) is 5.93. The molecule has 0 amide bonds. The Kier molecular flexibility index (Phi) is 3.67. The van der Waals surface area contributed by atoms with E-state index in [4.69, 9.17) is 17.4 Å². The summed E-state index contributed by atoms with van der Waals surface area (Å²) in [5.41, 5.74) is 4.80. The van der Waals surface area contributed by atoms with E-state index in [9.17, 15) is 4.39 Å². The van der Waals surface area contributed by atoms with E-state index in [2.05, 4.69) is 10.4 Å². The van der Waals surface area contributed by atoms with Gasteiger partial charge in [-0.1, -0.05) is 17.7 Å². The number of pyridine rings is 1. The van der Waals surface area contributed by atoms with E-state index >= 15 is 0 Å². The molecule has 3 aromatic rings. The van der Waals surface area contributed by atoms with Crippen LogP contribution in [0.2, 0.25) is 5.02 Å². The SMILES string of the molecule is NNC(c1cnc2ccsc2c1)c1ccc(Cl)cc1F. The summed E-state index contributed by atoms with van der Waals surface area (Å²) in [6, 6.07) is 7.98. The van der Waals surface area contributed by atoms with Gasteiger partial charge in [-0.15, -0.1) is 11.3 Å². The molecule has 0 saturated heterocycles. The Morgan fingerprint density at radius 2 is 2.15 bits per heavy atom. The van der Waals surface area contributed by atoms with Crippen LogP contribution in [-0.4, -0.2) is 4.98 Å². The number of nitrogens with one attached hydrogen (secondary N) is 1. The molecule has 0 saturated carbocycles. The molecule has 3 nitrogen and oxygen atoms in total. The van der Waals surface area contributed by atoms with Crippen LogP contribution in [0, 0.1) is 5.82 Å². The highest BCUT2D eigenvalue weighted by Crippen LogP contribution is 2.28. The van der Waals surface area contributed by atoms with Crippen LogP contribution < -0.4 is 11.3 Å². The van der Waals surface area contributed by atoms with Gasteiger partial charge >= 0.3 is 0 Å². The van der Waals surface area contributed by atoms with Gasteiger partial charge in [-0.3, -0.25) is 10.8 Å². The summed E-state index contributed by atoms with van der Waals surface area (Å²) in [6.07, 6.45) is 1.70. The smallest absolute Gasteiger partial charge is 0.129 e. The fourth-order valence-corrected chi connectivity index (χ4v) is 3.07. The Morgan fingerprint density at radius 1 is 1.30 bits per heavy atom. The highest BCUT2D eigenvalue weighted by molar-refractivity contribution is 7.17. The van der Waals surface area contributed by atoms with Gasteiger partial charge in [-0.25, -0.2) is 9.82 Å². The zero-order valence-corrected chi connectivity index (χ0v) is 11.9. The molecule has 2 heterocycles. The predicted molar refractivity (Wildman–Crippen MR) is 80.2 cm³/mol. The molecule has 0 aliphatic heterocycles. The normalized spacial score (nSPS) is 12.8. The fourth-order valence-electron chi connectivity index (χ4n) is 2.12. The van der Waals surface area contributed by atoms with Crippen LogP contribution in [0.25, 0.3) is 10.2 Å². The highest BCUT2D eigenvalue weighted by atomic mass is 35.5. The lowest BCUT2D eigenvalue weighted by Crippen LogP contribution is -2.29. The van der Waals surface area contributed by atoms with Crippen molar-refractivity contribution in [1.29, 1.82) is 0 Å². The average molecular weight is 308 g/mol. The van der Waals surface area contributed by atoms with E-state index in [0.29, 0.717) is 10.6 Å². The second-order valence-corrected chi connectivity index (χ2v) is 5.72. The zero-order chi connectivity index (χ0) is 14.1. The molecule has 0 spiro atoms. The van der Waals surface area contributed by atoms with Crippen LogP contribution in [0.5, 0.6) is 0 Å². The Labute approximate surface area is 124 Å². The van der Waals surface area contributed by atoms with Gasteiger partial charge in [0.2, 0.25) is 0 Å². The van der Waals surface area contributed by atoms with E-state index in [1.807, 2.05) is 17.5 Å². The molecular formula is C14H11ClFN3S. The zero-order valence-electron chi connectivity index (χ0n) is 10.3. The Bertz CT molecular complexity index is 759. The molecule has 2 aromatic heterocycles. The number of thiophene rings is 1. The van der Waals surface area contributed by atoms with Gasteiger partial charge in [0, 0.05) is 16.8 Å². The largest absolute Gasteiger partial charge is 0.271 e. The van der Waals surface area contributed by atoms with Gasteiger partial charge in [0.25, 0.3) is 0 Å². The van der Waals surface area contributed by atoms with Crippen LogP contribution in [0.3, 0.4) is 0 Å². The molecule has 1 aromatic carbocycles. The summed E-state index contributed by atoms with van der Waals surface area (Å²) in [7, 11) is 0. The van der Waals surface area contributed by atoms with Gasteiger partial charge < -0.3 is 0 Å². The first kappa shape index (κ1) is 13.5. The van der Waals surface area contributed by atoms with Gasteiger partial charge in [-0.2, -0.15) is 0 Å². The van der Waals surface area contributed by atoms with Crippen molar-refractivity contribution in [3.8, 4) is 0 Å². The molecule has 0 aliphatic carbocycles. The third-order valence-corrected chi connectivity index (χ3v) is 4.19. The highest BCUT2D eigenvalue weighted by Gasteiger charge is 2.17. The molecule has 1 atom stereocenters. The summed E-state index contributed by atoms with van der Waals surface area (Å²) in [5.74, 6) is 5.19. The van der Waals surface area contributed by atoms with E-state index < -0.39 is 11.9 Å². The Morgan fingerprint density at radius 3 is 2.90 bits per heavy atom. The molecule has 102 valence electrons. The number of fused-ring (bicyclic) bond motifs is 1. The Balaban J connectivity index is 2.08. The minimum absolute atomic E-state index is 0.355. The van der Waals surface area contributed by atoms with E-state index in [1.165, 1.54) is 6.07 Å². The van der Waals surface area contributed by atoms with Crippen LogP contribution in [-0.2, 0) is 0 Å². The molecule has 20 heavy (non-hydrogen) atoms. The molecule has 3 N–H and O–H groups in total. The number of hydrogen-bond acceptors (Lipinski definition) is 4. The lowest BCUT2D eigenvalue weighted by atomic mass is 10.0. The van der Waals surface area contributed by atoms with Crippen molar-refractivity contribution in [3.63, 3.8) is 0 Å². The van der Waals surface area contributed by atoms with Gasteiger partial charge in [0.05, 0.1) is 16.3 Å². The molecule has 0 aliphatic rings. The van der Waals surface area contributed by atoms with Crippen molar-refractivity contribution in [3.05, 3.63) is 63.9 Å². The quantitative estimate of drug-likeness (QED) is 0.574. The number of hydrazine groups is 1. The second-order valence-electron chi connectivity index (χ2n) is 4.34. The van der Waals surface area contributed by atoms with Crippen molar-refractivity contribution in [2.75, 3.05) is 0 Å². The van der Waals surface area contributed by atoms with Crippen molar-refractivity contribution >= 4 is 33.2 Å². The third-order valence-electron chi connectivity index (χ3n) is 3.10. The fraction of sp³-hybridized carbons (Fsp3) is 0.0714. The number of benzene rings is 1. The second kappa shape index (κ2) is 5.46. The number of aromatic nitrogens is 1. The van der Waals surface area contributed by atoms with E-state index in [-0.39, 0.29) is 0 Å². The van der Waals surface area contributed by atoms with Gasteiger partial charge in [0.15, 0.2) is 0 Å². The molecule has 0 bridgehead atoms. The molecular weight excluding hydrogens is 297 g/mol. The minimum atomic E-state index is -0.466. The first-order chi connectivity index (χ1) is 9.69. The maximum atomic E-state index is 14.0. The summed E-state index contributed by atoms with van der Waals surface area (Å²) < 4.78 is 15.1. The standard InChI is InChI=1S/C14H11ClFN3S/c15-9-1-2-10(11(16)6-9)14(19-17)8-5-13-12(18-7-8)3-4-20-13/h1-7,14,19H,17H2. The Hall–Kier alpha value is -1.53. The third kappa shape index (κ3) is 2.41. The van der Waals surface area contributed by atoms with Crippen LogP contribution in [0.4, 0.5) is 4.39 Å². The van der Waals surface area contributed by atoms with Crippen molar-refractivity contribution in [2.24, 2.45) is 5.84 Å². The monoisotopic (exact) mass is 307 g/mol. The molecule has 6 heteroatoms. The van der Waals surface area contributed by atoms with E-state index in [0.717, 1.165) is 15.8 Å². The predicted octanol–water partition coefficient (Wildman–Crippen LogP) is 3.64. The van der Waals surface area contributed by atoms with E-state index in [1.54, 1.807) is 29.7 Å². The molecule has 1 unspecified atom stereocenters. The summed E-state index contributed by atoms with van der Waals surface area (Å²) >= 11 is 7.36. The van der Waals surface area contributed by atoms with Crippen molar-refractivity contribution in [2.45, 2.75) is 6.04 Å². The van der Waals surface area contributed by atoms with Crippen LogP contribution >= 0.6 is 22.9 Å². The number of hydrogen-bond donors (Lipinski definition) is 2. The first-order valence-corrected chi connectivity index (χ1v) is 7.19. The summed E-state index contributed by atoms with van der Waals surface area (Å²) in [4.78, 5) is 4.35. The van der Waals surface area contributed by atoms with Crippen molar-refractivity contribution < 1.29 is 4.39 Å². The topological polar surface area (TPSA) is 50.9 Å². The number of nitrogens with two attached hydrogens (primary N) is 1. The number of nitrogens with zero attached hydrogens (tertiary/aromatic N) is 1. The number of halogens is 2. The minimum Gasteiger partial charge on any atom is -0.271 e. The molecule has 0 fully saturated rings. The van der Waals surface area contributed by atoms with Crippen molar-refractivity contribution in [1.82, 2.24) is 10.4 Å². The lowest BCUT2D eigenvalue weighted by molar-refractivity contribution is 0.560. The van der Waals surface area contributed by atoms with Gasteiger partial charge in [0.1, 0.15) is 5.82 Å².